The fraction of sp³-hybridized carbons (Fsp3) is 0.143. The maximum absolute atomic E-state index is 5.08. The molecule has 2 aromatic rings. The summed E-state index contributed by atoms with van der Waals surface area (Å²) < 4.78 is 10.2. The summed E-state index contributed by atoms with van der Waals surface area (Å²) in [6.07, 6.45) is 1.79. The van der Waals surface area contributed by atoms with E-state index in [-0.39, 0.29) is 0 Å². The van der Waals surface area contributed by atoms with Crippen molar-refractivity contribution < 1.29 is 9.47 Å². The third-order valence-corrected chi connectivity index (χ3v) is 2.34. The van der Waals surface area contributed by atoms with Crippen LogP contribution in [0.4, 0.5) is 5.69 Å². The van der Waals surface area contributed by atoms with Gasteiger partial charge in [0.15, 0.2) is 0 Å². The number of rotatable bonds is 4. The van der Waals surface area contributed by atoms with E-state index >= 15 is 0 Å². The van der Waals surface area contributed by atoms with Crippen LogP contribution in [0.1, 0.15) is 5.56 Å². The van der Waals surface area contributed by atoms with Crippen molar-refractivity contribution >= 4 is 11.9 Å². The minimum absolute atomic E-state index is 0.481. The molecule has 0 saturated carbocycles. The lowest BCUT2D eigenvalue weighted by atomic mass is 10.2. The Morgan fingerprint density at radius 3 is 2.17 bits per heavy atom. The van der Waals surface area contributed by atoms with Crippen molar-refractivity contribution in [2.75, 3.05) is 14.2 Å². The van der Waals surface area contributed by atoms with Crippen LogP contribution in [0.5, 0.6) is 11.8 Å². The summed E-state index contributed by atoms with van der Waals surface area (Å²) in [5, 5.41) is 0. The molecule has 4 heteroatoms. The van der Waals surface area contributed by atoms with Gasteiger partial charge in [-0.3, -0.25) is 4.99 Å². The second-order valence-corrected chi connectivity index (χ2v) is 3.58. The molecule has 0 fully saturated rings. The molecule has 0 saturated heterocycles. The molecule has 2 rings (SSSR count). The number of pyridine rings is 1. The summed E-state index contributed by atoms with van der Waals surface area (Å²) in [5.74, 6) is 0.962. The number of hydrogen-bond donors (Lipinski definition) is 0. The van der Waals surface area contributed by atoms with E-state index in [1.165, 1.54) is 0 Å². The van der Waals surface area contributed by atoms with Crippen molar-refractivity contribution in [3.8, 4) is 11.8 Å². The fourth-order valence-electron chi connectivity index (χ4n) is 1.44. The largest absolute Gasteiger partial charge is 0.481 e. The Morgan fingerprint density at radius 1 is 1.00 bits per heavy atom. The van der Waals surface area contributed by atoms with Gasteiger partial charge in [0, 0.05) is 18.3 Å². The minimum atomic E-state index is 0.481. The SMILES string of the molecule is COc1cc(N=Cc2ccccc2)cc(OC)n1. The van der Waals surface area contributed by atoms with Gasteiger partial charge in [-0.2, -0.15) is 4.98 Å². The van der Waals surface area contributed by atoms with Crippen LogP contribution in [0.15, 0.2) is 47.5 Å². The highest BCUT2D eigenvalue weighted by molar-refractivity contribution is 5.81. The molecule has 4 nitrogen and oxygen atoms in total. The Bertz CT molecular complexity index is 516. The summed E-state index contributed by atoms with van der Waals surface area (Å²) in [5.41, 5.74) is 1.77. The molecule has 0 aliphatic heterocycles. The van der Waals surface area contributed by atoms with Crippen molar-refractivity contribution in [3.63, 3.8) is 0 Å². The summed E-state index contributed by atoms with van der Waals surface area (Å²) >= 11 is 0. The molecular formula is C14H14N2O2. The van der Waals surface area contributed by atoms with Crippen molar-refractivity contribution in [1.82, 2.24) is 4.98 Å². The van der Waals surface area contributed by atoms with Gasteiger partial charge in [-0.25, -0.2) is 0 Å². The zero-order chi connectivity index (χ0) is 12.8. The number of benzene rings is 1. The van der Waals surface area contributed by atoms with E-state index in [4.69, 9.17) is 9.47 Å². The van der Waals surface area contributed by atoms with Gasteiger partial charge in [-0.1, -0.05) is 30.3 Å². The van der Waals surface area contributed by atoms with Crippen LogP contribution in [0, 0.1) is 0 Å². The number of ether oxygens (including phenoxy) is 2. The normalized spacial score (nSPS) is 10.6. The Balaban J connectivity index is 2.25. The molecule has 1 heterocycles. The van der Waals surface area contributed by atoms with E-state index in [1.54, 1.807) is 32.6 Å². The molecule has 0 bridgehead atoms. The highest BCUT2D eigenvalue weighted by Crippen LogP contribution is 2.23. The van der Waals surface area contributed by atoms with Gasteiger partial charge in [0.25, 0.3) is 0 Å². The minimum Gasteiger partial charge on any atom is -0.481 e. The van der Waals surface area contributed by atoms with Gasteiger partial charge in [-0.15, -0.1) is 0 Å². The smallest absolute Gasteiger partial charge is 0.218 e. The van der Waals surface area contributed by atoms with E-state index in [0.29, 0.717) is 11.8 Å². The van der Waals surface area contributed by atoms with Crippen LogP contribution in [-0.4, -0.2) is 25.4 Å². The van der Waals surface area contributed by atoms with Gasteiger partial charge >= 0.3 is 0 Å². The van der Waals surface area contributed by atoms with Crippen LogP contribution in [-0.2, 0) is 0 Å². The Hall–Kier alpha value is -2.36. The average Bonchev–Trinajstić information content (AvgIpc) is 2.45. The molecule has 0 amide bonds. The van der Waals surface area contributed by atoms with Gasteiger partial charge < -0.3 is 9.47 Å². The Kier molecular flexibility index (Phi) is 3.91. The summed E-state index contributed by atoms with van der Waals surface area (Å²) in [6.45, 7) is 0. The van der Waals surface area contributed by atoms with Crippen molar-refractivity contribution in [3.05, 3.63) is 48.0 Å². The summed E-state index contributed by atoms with van der Waals surface area (Å²) in [6, 6.07) is 13.4. The monoisotopic (exact) mass is 242 g/mol. The van der Waals surface area contributed by atoms with E-state index in [1.807, 2.05) is 30.3 Å². The first-order chi connectivity index (χ1) is 8.81. The predicted octanol–water partition coefficient (Wildman–Crippen LogP) is 2.85. The molecule has 0 aliphatic rings. The zero-order valence-corrected chi connectivity index (χ0v) is 10.3. The maximum atomic E-state index is 5.08. The van der Waals surface area contributed by atoms with Crippen LogP contribution >= 0.6 is 0 Å². The highest BCUT2D eigenvalue weighted by atomic mass is 16.5. The number of nitrogens with zero attached hydrogens (tertiary/aromatic N) is 2. The molecule has 0 aliphatic carbocycles. The lowest BCUT2D eigenvalue weighted by molar-refractivity contribution is 0.365. The summed E-state index contributed by atoms with van der Waals surface area (Å²) in [7, 11) is 3.12. The van der Waals surface area contributed by atoms with Gasteiger partial charge in [0.1, 0.15) is 0 Å². The molecule has 1 aromatic heterocycles. The molecule has 0 unspecified atom stereocenters. The van der Waals surface area contributed by atoms with Gasteiger partial charge in [0.2, 0.25) is 11.8 Å². The quantitative estimate of drug-likeness (QED) is 0.774. The van der Waals surface area contributed by atoms with Crippen molar-refractivity contribution in [1.29, 1.82) is 0 Å². The molecule has 0 radical (unpaired) electrons. The van der Waals surface area contributed by atoms with E-state index in [2.05, 4.69) is 9.98 Å². The topological polar surface area (TPSA) is 43.7 Å². The molecule has 92 valence electrons. The number of aliphatic imine (C=N–C) groups is 1. The first kappa shape index (κ1) is 12.1. The van der Waals surface area contributed by atoms with E-state index in [0.717, 1.165) is 11.3 Å². The first-order valence-corrected chi connectivity index (χ1v) is 5.51. The van der Waals surface area contributed by atoms with E-state index < -0.39 is 0 Å². The average molecular weight is 242 g/mol. The van der Waals surface area contributed by atoms with Crippen LogP contribution < -0.4 is 9.47 Å². The highest BCUT2D eigenvalue weighted by Gasteiger charge is 2.01. The molecule has 18 heavy (non-hydrogen) atoms. The zero-order valence-electron chi connectivity index (χ0n) is 10.3. The van der Waals surface area contributed by atoms with Crippen molar-refractivity contribution in [2.24, 2.45) is 4.99 Å². The second-order valence-electron chi connectivity index (χ2n) is 3.58. The standard InChI is InChI=1S/C14H14N2O2/c1-17-13-8-12(9-14(16-13)18-2)15-10-11-6-4-3-5-7-11/h3-10H,1-2H3. The fourth-order valence-corrected chi connectivity index (χ4v) is 1.44. The molecule has 0 atom stereocenters. The lowest BCUT2D eigenvalue weighted by Crippen LogP contribution is -1.91. The third kappa shape index (κ3) is 3.07. The first-order valence-electron chi connectivity index (χ1n) is 5.51. The van der Waals surface area contributed by atoms with E-state index in [9.17, 15) is 0 Å². The molecule has 1 aromatic carbocycles. The lowest BCUT2D eigenvalue weighted by Gasteiger charge is -2.03. The molecular weight excluding hydrogens is 228 g/mol. The predicted molar refractivity (Wildman–Crippen MR) is 71.0 cm³/mol. The third-order valence-electron chi connectivity index (χ3n) is 2.34. The van der Waals surface area contributed by atoms with Crippen molar-refractivity contribution in [2.45, 2.75) is 0 Å². The number of hydrogen-bond acceptors (Lipinski definition) is 4. The number of aromatic nitrogens is 1. The van der Waals surface area contributed by atoms with Crippen LogP contribution in [0.25, 0.3) is 0 Å². The summed E-state index contributed by atoms with van der Waals surface area (Å²) in [4.78, 5) is 8.48. The molecule has 0 spiro atoms. The Morgan fingerprint density at radius 2 is 1.61 bits per heavy atom. The Labute approximate surface area is 106 Å². The van der Waals surface area contributed by atoms with Crippen LogP contribution in [0.3, 0.4) is 0 Å². The van der Waals surface area contributed by atoms with Gasteiger partial charge in [0.05, 0.1) is 19.9 Å². The van der Waals surface area contributed by atoms with Crippen LogP contribution in [0.2, 0.25) is 0 Å². The number of methoxy groups -OCH3 is 2. The van der Waals surface area contributed by atoms with Gasteiger partial charge in [-0.05, 0) is 5.56 Å². The second kappa shape index (κ2) is 5.82. The maximum Gasteiger partial charge on any atom is 0.218 e. The molecule has 0 N–H and O–H groups in total.